The molecule has 1 saturated heterocycles. The number of aromatic nitrogens is 2. The van der Waals surface area contributed by atoms with Crippen molar-refractivity contribution in [3.63, 3.8) is 0 Å². The lowest BCUT2D eigenvalue weighted by Crippen LogP contribution is -2.59. The van der Waals surface area contributed by atoms with Crippen LogP contribution in [0.2, 0.25) is 0 Å². The summed E-state index contributed by atoms with van der Waals surface area (Å²) in [5.41, 5.74) is 0.501. The Morgan fingerprint density at radius 1 is 1.55 bits per heavy atom. The minimum atomic E-state index is -1.23. The van der Waals surface area contributed by atoms with E-state index >= 15 is 0 Å². The van der Waals surface area contributed by atoms with Gasteiger partial charge in [-0.25, -0.2) is 14.6 Å². The molecule has 4 N–H and O–H groups in total. The predicted octanol–water partition coefficient (Wildman–Crippen LogP) is -1.87. The molecule has 0 radical (unpaired) electrons. The third kappa shape index (κ3) is 3.81. The zero-order chi connectivity index (χ0) is 16.3. The number of aliphatic carboxylic acids is 1. The van der Waals surface area contributed by atoms with E-state index in [1.807, 2.05) is 5.32 Å². The number of rotatable bonds is 5. The van der Waals surface area contributed by atoms with E-state index in [1.54, 1.807) is 17.8 Å². The number of carbonyl (C=O) groups is 4. The van der Waals surface area contributed by atoms with Crippen LogP contribution in [0.3, 0.4) is 0 Å². The van der Waals surface area contributed by atoms with Gasteiger partial charge < -0.3 is 20.3 Å². The fourth-order valence-corrected chi connectivity index (χ4v) is 2.02. The van der Waals surface area contributed by atoms with E-state index in [1.165, 1.54) is 6.33 Å². The van der Waals surface area contributed by atoms with E-state index in [2.05, 4.69) is 15.6 Å². The highest BCUT2D eigenvalue weighted by molar-refractivity contribution is 6.02. The number of urea groups is 1. The molecule has 22 heavy (non-hydrogen) atoms. The summed E-state index contributed by atoms with van der Waals surface area (Å²) in [7, 11) is 1.74. The first-order valence-electron chi connectivity index (χ1n) is 6.45. The van der Waals surface area contributed by atoms with Gasteiger partial charge in [-0.2, -0.15) is 0 Å². The molecule has 2 unspecified atom stereocenters. The number of carboxylic acid groups (broad SMARTS) is 1. The van der Waals surface area contributed by atoms with Crippen molar-refractivity contribution in [1.29, 1.82) is 0 Å². The smallest absolute Gasteiger partial charge is 0.326 e. The number of nitrogens with one attached hydrogen (secondary N) is 3. The topological polar surface area (TPSA) is 142 Å². The van der Waals surface area contributed by atoms with Gasteiger partial charge in [-0.05, 0) is 0 Å². The third-order valence-electron chi connectivity index (χ3n) is 3.05. The monoisotopic (exact) mass is 309 g/mol. The van der Waals surface area contributed by atoms with Crippen molar-refractivity contribution in [3.05, 3.63) is 18.2 Å². The number of aryl methyl sites for hydroxylation is 1. The van der Waals surface area contributed by atoms with Crippen LogP contribution >= 0.6 is 0 Å². The highest BCUT2D eigenvalue weighted by atomic mass is 16.4. The Morgan fingerprint density at radius 3 is 2.82 bits per heavy atom. The number of amides is 4. The molecular formula is C12H15N5O5. The molecule has 2 heterocycles. The average Bonchev–Trinajstić information content (AvgIpc) is 2.82. The highest BCUT2D eigenvalue weighted by Crippen LogP contribution is 2.03. The number of hydrogen-bond acceptors (Lipinski definition) is 5. The van der Waals surface area contributed by atoms with Crippen LogP contribution in [0.15, 0.2) is 12.5 Å². The molecule has 1 aliphatic rings. The summed E-state index contributed by atoms with van der Waals surface area (Å²) in [6.07, 6.45) is 2.90. The minimum absolute atomic E-state index is 0.00518. The van der Waals surface area contributed by atoms with Gasteiger partial charge in [0.25, 0.3) is 0 Å². The zero-order valence-electron chi connectivity index (χ0n) is 11.7. The molecule has 0 aliphatic carbocycles. The molecule has 2 atom stereocenters. The molecule has 2 rings (SSSR count). The Kier molecular flexibility index (Phi) is 4.39. The SMILES string of the molecule is Cn1cnc(CC(NC(=O)C2CC(=O)NC(=O)N2)C(=O)O)c1. The number of nitrogens with zero attached hydrogens (tertiary/aromatic N) is 2. The van der Waals surface area contributed by atoms with Gasteiger partial charge in [-0.3, -0.25) is 14.9 Å². The lowest BCUT2D eigenvalue weighted by molar-refractivity contribution is -0.142. The van der Waals surface area contributed by atoms with Crippen LogP contribution < -0.4 is 16.0 Å². The average molecular weight is 309 g/mol. The molecule has 118 valence electrons. The first kappa shape index (κ1) is 15.5. The fourth-order valence-electron chi connectivity index (χ4n) is 2.02. The van der Waals surface area contributed by atoms with E-state index < -0.39 is 35.9 Å². The molecule has 1 fully saturated rings. The van der Waals surface area contributed by atoms with E-state index in [4.69, 9.17) is 0 Å². The minimum Gasteiger partial charge on any atom is -0.480 e. The summed E-state index contributed by atoms with van der Waals surface area (Å²) < 4.78 is 1.65. The molecule has 10 heteroatoms. The van der Waals surface area contributed by atoms with Gasteiger partial charge in [-0.1, -0.05) is 0 Å². The normalized spacial score (nSPS) is 19.0. The van der Waals surface area contributed by atoms with Crippen molar-refractivity contribution in [3.8, 4) is 0 Å². The van der Waals surface area contributed by atoms with Crippen molar-refractivity contribution < 1.29 is 24.3 Å². The fraction of sp³-hybridized carbons (Fsp3) is 0.417. The van der Waals surface area contributed by atoms with Crippen LogP contribution in [0.5, 0.6) is 0 Å². The van der Waals surface area contributed by atoms with E-state index in [0.29, 0.717) is 5.69 Å². The first-order valence-corrected chi connectivity index (χ1v) is 6.45. The van der Waals surface area contributed by atoms with Gasteiger partial charge >= 0.3 is 12.0 Å². The Bertz CT molecular complexity index is 609. The van der Waals surface area contributed by atoms with Crippen molar-refractivity contribution in [2.75, 3.05) is 0 Å². The summed E-state index contributed by atoms with van der Waals surface area (Å²) in [4.78, 5) is 49.6. The van der Waals surface area contributed by atoms with Crippen LogP contribution in [-0.2, 0) is 27.9 Å². The maximum atomic E-state index is 12.0. The molecule has 4 amide bonds. The quantitative estimate of drug-likeness (QED) is 0.502. The lowest BCUT2D eigenvalue weighted by Gasteiger charge is -2.24. The number of imidazole rings is 1. The second kappa shape index (κ2) is 6.24. The Hall–Kier alpha value is -2.91. The molecule has 10 nitrogen and oxygen atoms in total. The summed E-state index contributed by atoms with van der Waals surface area (Å²) in [5.74, 6) is -2.56. The molecular weight excluding hydrogens is 294 g/mol. The van der Waals surface area contributed by atoms with Crippen molar-refractivity contribution in [1.82, 2.24) is 25.5 Å². The number of carboxylic acids is 1. The summed E-state index contributed by atoms with van der Waals surface area (Å²) >= 11 is 0. The molecule has 1 aliphatic heterocycles. The molecule has 0 bridgehead atoms. The lowest BCUT2D eigenvalue weighted by atomic mass is 10.1. The van der Waals surface area contributed by atoms with Crippen molar-refractivity contribution in [2.45, 2.75) is 24.9 Å². The standard InChI is InChI=1S/C12H15N5O5/c1-17-4-6(13-5-17)2-8(11(20)21)14-10(19)7-3-9(18)16-12(22)15-7/h4-5,7-8H,2-3H2,1H3,(H,14,19)(H,20,21)(H2,15,16,18,22). The zero-order valence-corrected chi connectivity index (χ0v) is 11.7. The predicted molar refractivity (Wildman–Crippen MR) is 71.6 cm³/mol. The maximum absolute atomic E-state index is 12.0. The van der Waals surface area contributed by atoms with Gasteiger partial charge in [-0.15, -0.1) is 0 Å². The second-order valence-corrected chi connectivity index (χ2v) is 4.91. The Balaban J connectivity index is 2.01. The van der Waals surface area contributed by atoms with Crippen LogP contribution in [0.4, 0.5) is 4.79 Å². The highest BCUT2D eigenvalue weighted by Gasteiger charge is 2.32. The van der Waals surface area contributed by atoms with Crippen LogP contribution in [0.1, 0.15) is 12.1 Å². The summed E-state index contributed by atoms with van der Waals surface area (Å²) in [5, 5.41) is 15.7. The third-order valence-corrected chi connectivity index (χ3v) is 3.05. The molecule has 1 aromatic rings. The first-order chi connectivity index (χ1) is 10.3. The molecule has 1 aromatic heterocycles. The van der Waals surface area contributed by atoms with E-state index in [0.717, 1.165) is 0 Å². The van der Waals surface area contributed by atoms with Gasteiger partial charge in [0.15, 0.2) is 0 Å². The number of carbonyl (C=O) groups excluding carboxylic acids is 3. The van der Waals surface area contributed by atoms with E-state index in [9.17, 15) is 24.3 Å². The molecule has 0 aromatic carbocycles. The molecule has 0 spiro atoms. The Labute approximate surface area is 124 Å². The summed E-state index contributed by atoms with van der Waals surface area (Å²) in [6, 6.07) is -3.08. The van der Waals surface area contributed by atoms with Gasteiger partial charge in [0.05, 0.1) is 18.4 Å². The number of imide groups is 1. The van der Waals surface area contributed by atoms with Crippen LogP contribution in [0.25, 0.3) is 0 Å². The van der Waals surface area contributed by atoms with E-state index in [-0.39, 0.29) is 12.8 Å². The van der Waals surface area contributed by atoms with Gasteiger partial charge in [0, 0.05) is 19.7 Å². The number of hydrogen-bond donors (Lipinski definition) is 4. The maximum Gasteiger partial charge on any atom is 0.326 e. The van der Waals surface area contributed by atoms with Crippen LogP contribution in [0, 0.1) is 0 Å². The Morgan fingerprint density at radius 2 is 2.27 bits per heavy atom. The second-order valence-electron chi connectivity index (χ2n) is 4.91. The van der Waals surface area contributed by atoms with Crippen molar-refractivity contribution >= 4 is 23.8 Å². The van der Waals surface area contributed by atoms with Crippen molar-refractivity contribution in [2.24, 2.45) is 7.05 Å². The molecule has 0 saturated carbocycles. The van der Waals surface area contributed by atoms with Gasteiger partial charge in [0.1, 0.15) is 12.1 Å². The summed E-state index contributed by atoms with van der Waals surface area (Å²) in [6.45, 7) is 0. The van der Waals surface area contributed by atoms with Gasteiger partial charge in [0.2, 0.25) is 11.8 Å². The van der Waals surface area contributed by atoms with Crippen LogP contribution in [-0.4, -0.2) is 50.6 Å². The largest absolute Gasteiger partial charge is 0.480 e.